The predicted octanol–water partition coefficient (Wildman–Crippen LogP) is 2.91. The Labute approximate surface area is 121 Å². The van der Waals surface area contributed by atoms with Crippen LogP contribution in [0.4, 0.5) is 0 Å². The minimum atomic E-state index is 0.879. The number of rotatable bonds is 2. The lowest BCUT2D eigenvalue weighted by molar-refractivity contribution is 0.808. The molecular formula is C16H13N5. The molecule has 0 aliphatic heterocycles. The lowest BCUT2D eigenvalue weighted by Crippen LogP contribution is -2.01. The van der Waals surface area contributed by atoms with Crippen molar-refractivity contribution in [2.24, 2.45) is 0 Å². The van der Waals surface area contributed by atoms with Crippen LogP contribution in [0.25, 0.3) is 22.4 Å². The molecule has 0 bridgehead atoms. The first-order chi connectivity index (χ1) is 10.3. The summed E-state index contributed by atoms with van der Waals surface area (Å²) in [7, 11) is 0. The van der Waals surface area contributed by atoms with Crippen LogP contribution >= 0.6 is 0 Å². The van der Waals surface area contributed by atoms with Crippen molar-refractivity contribution in [2.75, 3.05) is 0 Å². The van der Waals surface area contributed by atoms with E-state index in [4.69, 9.17) is 0 Å². The molecule has 21 heavy (non-hydrogen) atoms. The minimum absolute atomic E-state index is 0.879. The summed E-state index contributed by atoms with van der Waals surface area (Å²) in [5, 5.41) is 12.9. The maximum absolute atomic E-state index is 4.48. The Morgan fingerprint density at radius 3 is 2.48 bits per heavy atom. The summed E-state index contributed by atoms with van der Waals surface area (Å²) in [5.74, 6) is 0. The molecule has 2 aromatic heterocycles. The number of hydrogen-bond donors (Lipinski definition) is 0. The lowest BCUT2D eigenvalue weighted by Gasteiger charge is -2.05. The highest BCUT2D eigenvalue weighted by Crippen LogP contribution is 2.20. The van der Waals surface area contributed by atoms with Gasteiger partial charge in [-0.15, -0.1) is 5.10 Å². The van der Waals surface area contributed by atoms with Gasteiger partial charge < -0.3 is 0 Å². The topological polar surface area (TPSA) is 48.5 Å². The Balaban J connectivity index is 1.89. The second-order valence-electron chi connectivity index (χ2n) is 4.85. The van der Waals surface area contributed by atoms with Crippen LogP contribution in [0.2, 0.25) is 0 Å². The van der Waals surface area contributed by atoms with Gasteiger partial charge in [0.1, 0.15) is 11.2 Å². The van der Waals surface area contributed by atoms with Crippen molar-refractivity contribution in [2.45, 2.75) is 6.92 Å². The van der Waals surface area contributed by atoms with Crippen LogP contribution in [-0.4, -0.2) is 24.8 Å². The second kappa shape index (κ2) is 4.56. The van der Waals surface area contributed by atoms with Crippen molar-refractivity contribution in [3.63, 3.8) is 0 Å². The van der Waals surface area contributed by atoms with Gasteiger partial charge in [-0.3, -0.25) is 0 Å². The van der Waals surface area contributed by atoms with Gasteiger partial charge in [0, 0.05) is 0 Å². The summed E-state index contributed by atoms with van der Waals surface area (Å²) in [6.07, 6.45) is 1.82. The maximum Gasteiger partial charge on any atom is 0.113 e. The van der Waals surface area contributed by atoms with E-state index in [1.54, 1.807) is 0 Å². The molecule has 0 atom stereocenters. The van der Waals surface area contributed by atoms with Crippen LogP contribution in [0.5, 0.6) is 0 Å². The van der Waals surface area contributed by atoms with Crippen LogP contribution in [0, 0.1) is 6.92 Å². The van der Waals surface area contributed by atoms with Gasteiger partial charge in [-0.25, -0.2) is 9.36 Å². The van der Waals surface area contributed by atoms with E-state index in [0.717, 1.165) is 28.1 Å². The number of hydrogen-bond acceptors (Lipinski definition) is 3. The molecule has 2 aromatic carbocycles. The van der Waals surface area contributed by atoms with Crippen molar-refractivity contribution < 1.29 is 0 Å². The molecule has 0 aliphatic carbocycles. The SMILES string of the molecule is Cc1c(-n2nnc3ccccc32)cnn1-c1ccccc1. The van der Waals surface area contributed by atoms with Crippen LogP contribution in [-0.2, 0) is 0 Å². The summed E-state index contributed by atoms with van der Waals surface area (Å²) < 4.78 is 3.74. The van der Waals surface area contributed by atoms with E-state index in [2.05, 4.69) is 15.4 Å². The number of para-hydroxylation sites is 2. The van der Waals surface area contributed by atoms with Gasteiger partial charge >= 0.3 is 0 Å². The van der Waals surface area contributed by atoms with E-state index in [1.165, 1.54) is 0 Å². The number of fused-ring (bicyclic) bond motifs is 1. The van der Waals surface area contributed by atoms with E-state index < -0.39 is 0 Å². The average Bonchev–Trinajstić information content (AvgIpc) is 3.11. The standard InChI is InChI=1S/C16H13N5/c1-12-16(11-17-20(12)13-7-3-2-4-8-13)21-15-10-6-5-9-14(15)18-19-21/h2-11H,1H3. The van der Waals surface area contributed by atoms with E-state index >= 15 is 0 Å². The third-order valence-electron chi connectivity index (χ3n) is 3.56. The van der Waals surface area contributed by atoms with E-state index in [1.807, 2.05) is 77.1 Å². The van der Waals surface area contributed by atoms with Gasteiger partial charge in [-0.2, -0.15) is 5.10 Å². The minimum Gasteiger partial charge on any atom is -0.236 e. The summed E-state index contributed by atoms with van der Waals surface area (Å²) >= 11 is 0. The zero-order chi connectivity index (χ0) is 14.2. The highest BCUT2D eigenvalue weighted by Gasteiger charge is 2.13. The van der Waals surface area contributed by atoms with Crippen molar-refractivity contribution in [1.29, 1.82) is 0 Å². The van der Waals surface area contributed by atoms with Gasteiger partial charge in [0.15, 0.2) is 0 Å². The number of nitrogens with zero attached hydrogens (tertiary/aromatic N) is 5. The lowest BCUT2D eigenvalue weighted by atomic mass is 10.3. The second-order valence-corrected chi connectivity index (χ2v) is 4.85. The monoisotopic (exact) mass is 275 g/mol. The molecule has 0 saturated heterocycles. The van der Waals surface area contributed by atoms with Crippen molar-refractivity contribution in [1.82, 2.24) is 24.8 Å². The van der Waals surface area contributed by atoms with E-state index in [-0.39, 0.29) is 0 Å². The predicted molar refractivity (Wildman–Crippen MR) is 80.7 cm³/mol. The fourth-order valence-corrected chi connectivity index (χ4v) is 2.49. The molecule has 5 heteroatoms. The molecule has 0 spiro atoms. The third kappa shape index (κ3) is 1.82. The van der Waals surface area contributed by atoms with Gasteiger partial charge in [-0.05, 0) is 31.2 Å². The summed E-state index contributed by atoms with van der Waals surface area (Å²) in [4.78, 5) is 0. The molecule has 2 heterocycles. The van der Waals surface area contributed by atoms with E-state index in [9.17, 15) is 0 Å². The molecule has 0 radical (unpaired) electrons. The smallest absolute Gasteiger partial charge is 0.113 e. The normalized spacial score (nSPS) is 11.1. The van der Waals surface area contributed by atoms with E-state index in [0.29, 0.717) is 0 Å². The Bertz CT molecular complexity index is 905. The Kier molecular flexibility index (Phi) is 2.57. The summed E-state index contributed by atoms with van der Waals surface area (Å²) in [6, 6.07) is 18.0. The van der Waals surface area contributed by atoms with Crippen LogP contribution in [0.1, 0.15) is 5.69 Å². The van der Waals surface area contributed by atoms with Crippen LogP contribution in [0.3, 0.4) is 0 Å². The van der Waals surface area contributed by atoms with Crippen molar-refractivity contribution in [3.8, 4) is 11.4 Å². The van der Waals surface area contributed by atoms with Gasteiger partial charge in [0.05, 0.1) is 23.1 Å². The third-order valence-corrected chi connectivity index (χ3v) is 3.56. The number of benzene rings is 2. The Morgan fingerprint density at radius 1 is 0.857 bits per heavy atom. The Hall–Kier alpha value is -2.95. The largest absolute Gasteiger partial charge is 0.236 e. The summed E-state index contributed by atoms with van der Waals surface area (Å²) in [6.45, 7) is 2.03. The molecule has 4 rings (SSSR count). The fourth-order valence-electron chi connectivity index (χ4n) is 2.49. The highest BCUT2D eigenvalue weighted by molar-refractivity contribution is 5.76. The molecule has 0 aliphatic rings. The Morgan fingerprint density at radius 2 is 1.62 bits per heavy atom. The zero-order valence-electron chi connectivity index (χ0n) is 11.5. The molecule has 0 unspecified atom stereocenters. The van der Waals surface area contributed by atoms with Crippen LogP contribution < -0.4 is 0 Å². The van der Waals surface area contributed by atoms with Crippen molar-refractivity contribution >= 4 is 11.0 Å². The van der Waals surface area contributed by atoms with Gasteiger partial charge in [-0.1, -0.05) is 35.5 Å². The van der Waals surface area contributed by atoms with Gasteiger partial charge in [0.2, 0.25) is 0 Å². The van der Waals surface area contributed by atoms with Crippen LogP contribution in [0.15, 0.2) is 60.8 Å². The first kappa shape index (κ1) is 11.8. The first-order valence-corrected chi connectivity index (χ1v) is 6.75. The molecule has 4 aromatic rings. The summed E-state index contributed by atoms with van der Waals surface area (Å²) in [5.41, 5.74) is 4.85. The molecule has 0 saturated carbocycles. The maximum atomic E-state index is 4.48. The first-order valence-electron chi connectivity index (χ1n) is 6.75. The quantitative estimate of drug-likeness (QED) is 0.565. The molecule has 102 valence electrons. The fraction of sp³-hybridized carbons (Fsp3) is 0.0625. The number of aromatic nitrogens is 5. The zero-order valence-corrected chi connectivity index (χ0v) is 11.5. The van der Waals surface area contributed by atoms with Gasteiger partial charge in [0.25, 0.3) is 0 Å². The molecule has 0 N–H and O–H groups in total. The highest BCUT2D eigenvalue weighted by atomic mass is 15.4. The van der Waals surface area contributed by atoms with Crippen molar-refractivity contribution in [3.05, 3.63) is 66.5 Å². The average molecular weight is 275 g/mol. The molecule has 0 amide bonds. The molecule has 0 fully saturated rings. The molecular weight excluding hydrogens is 262 g/mol. The molecule has 5 nitrogen and oxygen atoms in total.